The number of amides is 1. The molecule has 0 saturated carbocycles. The molecule has 1 N–H and O–H groups in total. The predicted octanol–water partition coefficient (Wildman–Crippen LogP) is 0.148. The van der Waals surface area contributed by atoms with Crippen molar-refractivity contribution in [2.24, 2.45) is 0 Å². The third kappa shape index (κ3) is 2.72. The van der Waals surface area contributed by atoms with Gasteiger partial charge in [0.25, 0.3) is 0 Å². The van der Waals surface area contributed by atoms with E-state index >= 15 is 0 Å². The molecular formula is C11H20N2O3. The smallest absolute Gasteiger partial charge is 0.323 e. The summed E-state index contributed by atoms with van der Waals surface area (Å²) in [6, 6.07) is -0.555. The normalized spacial score (nSPS) is 23.6. The third-order valence-electron chi connectivity index (χ3n) is 3.14. The van der Waals surface area contributed by atoms with Crippen molar-refractivity contribution in [2.75, 3.05) is 20.7 Å². The van der Waals surface area contributed by atoms with Crippen LogP contribution in [0.1, 0.15) is 26.2 Å². The monoisotopic (exact) mass is 228 g/mol. The van der Waals surface area contributed by atoms with Crippen LogP contribution in [0.3, 0.4) is 0 Å². The van der Waals surface area contributed by atoms with Gasteiger partial charge in [-0.1, -0.05) is 6.42 Å². The molecule has 0 radical (unpaired) electrons. The number of nitrogens with zero attached hydrogens (tertiary/aromatic N) is 1. The van der Waals surface area contributed by atoms with E-state index in [9.17, 15) is 9.59 Å². The van der Waals surface area contributed by atoms with Gasteiger partial charge in [-0.15, -0.1) is 0 Å². The SMILES string of the molecule is CNC(=O)C(C)N1CCCCC1C(=O)OC. The van der Waals surface area contributed by atoms with Gasteiger partial charge < -0.3 is 10.1 Å². The Balaban J connectivity index is 2.73. The first kappa shape index (κ1) is 13.0. The topological polar surface area (TPSA) is 58.6 Å². The molecule has 1 rings (SSSR count). The molecule has 2 atom stereocenters. The number of carbonyl (C=O) groups is 2. The average molecular weight is 228 g/mol. The molecular weight excluding hydrogens is 208 g/mol. The van der Waals surface area contributed by atoms with Gasteiger partial charge >= 0.3 is 5.97 Å². The first-order chi connectivity index (χ1) is 7.61. The zero-order valence-electron chi connectivity index (χ0n) is 10.2. The van der Waals surface area contributed by atoms with Gasteiger partial charge in [0.2, 0.25) is 5.91 Å². The van der Waals surface area contributed by atoms with E-state index in [-0.39, 0.29) is 24.0 Å². The summed E-state index contributed by atoms with van der Waals surface area (Å²) in [6.45, 7) is 2.59. The third-order valence-corrected chi connectivity index (χ3v) is 3.14. The number of likely N-dealkylation sites (N-methyl/N-ethyl adjacent to an activating group) is 1. The highest BCUT2D eigenvalue weighted by molar-refractivity contribution is 5.82. The van der Waals surface area contributed by atoms with E-state index in [4.69, 9.17) is 4.74 Å². The number of rotatable bonds is 3. The predicted molar refractivity (Wildman–Crippen MR) is 59.9 cm³/mol. The molecule has 92 valence electrons. The van der Waals surface area contributed by atoms with E-state index in [0.29, 0.717) is 0 Å². The second kappa shape index (κ2) is 5.84. The van der Waals surface area contributed by atoms with E-state index in [2.05, 4.69) is 5.32 Å². The fraction of sp³-hybridized carbons (Fsp3) is 0.818. The molecule has 0 aliphatic carbocycles. The number of hydrogen-bond donors (Lipinski definition) is 1. The molecule has 0 spiro atoms. The molecule has 1 amide bonds. The molecule has 0 aromatic carbocycles. The van der Waals surface area contributed by atoms with Crippen LogP contribution in [0.2, 0.25) is 0 Å². The van der Waals surface area contributed by atoms with Gasteiger partial charge in [0.15, 0.2) is 0 Å². The molecule has 2 unspecified atom stereocenters. The number of ether oxygens (including phenoxy) is 1. The summed E-state index contributed by atoms with van der Waals surface area (Å²) in [5.41, 5.74) is 0. The highest BCUT2D eigenvalue weighted by Gasteiger charge is 2.34. The summed E-state index contributed by atoms with van der Waals surface area (Å²) in [7, 11) is 3.00. The van der Waals surface area contributed by atoms with Crippen molar-refractivity contribution >= 4 is 11.9 Å². The number of piperidine rings is 1. The van der Waals surface area contributed by atoms with Crippen LogP contribution in [0, 0.1) is 0 Å². The number of esters is 1. The maximum atomic E-state index is 11.6. The minimum atomic E-state index is -0.283. The van der Waals surface area contributed by atoms with Gasteiger partial charge in [-0.2, -0.15) is 0 Å². The van der Waals surface area contributed by atoms with Crippen molar-refractivity contribution in [1.82, 2.24) is 10.2 Å². The zero-order chi connectivity index (χ0) is 12.1. The Kier molecular flexibility index (Phi) is 4.73. The Morgan fingerprint density at radius 3 is 2.69 bits per heavy atom. The number of methoxy groups -OCH3 is 1. The highest BCUT2D eigenvalue weighted by Crippen LogP contribution is 2.20. The first-order valence-electron chi connectivity index (χ1n) is 5.67. The van der Waals surface area contributed by atoms with Crippen LogP contribution in [0.25, 0.3) is 0 Å². The maximum Gasteiger partial charge on any atom is 0.323 e. The van der Waals surface area contributed by atoms with Gasteiger partial charge in [0.1, 0.15) is 6.04 Å². The van der Waals surface area contributed by atoms with Gasteiger partial charge in [0.05, 0.1) is 13.2 Å². The summed E-state index contributed by atoms with van der Waals surface area (Å²) >= 11 is 0. The first-order valence-corrected chi connectivity index (χ1v) is 5.67. The molecule has 1 aliphatic heterocycles. The van der Waals surface area contributed by atoms with Crippen molar-refractivity contribution in [1.29, 1.82) is 0 Å². The van der Waals surface area contributed by atoms with Crippen LogP contribution in [-0.4, -0.2) is 49.6 Å². The van der Waals surface area contributed by atoms with Crippen LogP contribution in [0.5, 0.6) is 0 Å². The van der Waals surface area contributed by atoms with Crippen LogP contribution in [0.15, 0.2) is 0 Å². The summed E-state index contributed by atoms with van der Waals surface area (Å²) in [5.74, 6) is -0.300. The Morgan fingerprint density at radius 2 is 2.12 bits per heavy atom. The van der Waals surface area contributed by atoms with Gasteiger partial charge in [-0.25, -0.2) is 0 Å². The van der Waals surface area contributed by atoms with Gasteiger partial charge in [0, 0.05) is 7.05 Å². The largest absolute Gasteiger partial charge is 0.468 e. The van der Waals surface area contributed by atoms with E-state index in [0.717, 1.165) is 25.8 Å². The number of likely N-dealkylation sites (tertiary alicyclic amines) is 1. The Labute approximate surface area is 96.1 Å². The fourth-order valence-corrected chi connectivity index (χ4v) is 2.17. The molecule has 1 fully saturated rings. The molecule has 0 aromatic rings. The van der Waals surface area contributed by atoms with Crippen molar-refractivity contribution in [3.8, 4) is 0 Å². The zero-order valence-corrected chi connectivity index (χ0v) is 10.2. The molecule has 5 heteroatoms. The number of carbonyl (C=O) groups excluding carboxylic acids is 2. The lowest BCUT2D eigenvalue weighted by Crippen LogP contribution is -2.54. The molecule has 1 saturated heterocycles. The molecule has 1 heterocycles. The number of hydrogen-bond acceptors (Lipinski definition) is 4. The van der Waals surface area contributed by atoms with Crippen molar-refractivity contribution in [3.63, 3.8) is 0 Å². The lowest BCUT2D eigenvalue weighted by atomic mass is 10.00. The highest BCUT2D eigenvalue weighted by atomic mass is 16.5. The van der Waals surface area contributed by atoms with Crippen LogP contribution in [-0.2, 0) is 14.3 Å². The maximum absolute atomic E-state index is 11.6. The lowest BCUT2D eigenvalue weighted by molar-refractivity contribution is -0.150. The van der Waals surface area contributed by atoms with E-state index < -0.39 is 0 Å². The fourth-order valence-electron chi connectivity index (χ4n) is 2.17. The number of nitrogens with one attached hydrogen (secondary N) is 1. The van der Waals surface area contributed by atoms with E-state index in [1.165, 1.54) is 7.11 Å². The Hall–Kier alpha value is -1.10. The van der Waals surface area contributed by atoms with Crippen molar-refractivity contribution in [3.05, 3.63) is 0 Å². The van der Waals surface area contributed by atoms with Gasteiger partial charge in [-0.05, 0) is 26.3 Å². The summed E-state index contributed by atoms with van der Waals surface area (Å²) in [5, 5.41) is 2.61. The Bertz CT molecular complexity index is 268. The van der Waals surface area contributed by atoms with Gasteiger partial charge in [-0.3, -0.25) is 14.5 Å². The van der Waals surface area contributed by atoms with Crippen molar-refractivity contribution < 1.29 is 14.3 Å². The van der Waals surface area contributed by atoms with Crippen LogP contribution in [0.4, 0.5) is 0 Å². The summed E-state index contributed by atoms with van der Waals surface area (Å²) < 4.78 is 4.77. The van der Waals surface area contributed by atoms with E-state index in [1.54, 1.807) is 7.05 Å². The van der Waals surface area contributed by atoms with Crippen LogP contribution >= 0.6 is 0 Å². The second-order valence-corrected chi connectivity index (χ2v) is 4.06. The summed E-state index contributed by atoms with van der Waals surface area (Å²) in [6.07, 6.45) is 2.81. The lowest BCUT2D eigenvalue weighted by Gasteiger charge is -2.37. The average Bonchev–Trinajstić information content (AvgIpc) is 2.35. The molecule has 0 bridgehead atoms. The minimum absolute atomic E-state index is 0.0594. The summed E-state index contributed by atoms with van der Waals surface area (Å²) in [4.78, 5) is 25.1. The van der Waals surface area contributed by atoms with Crippen molar-refractivity contribution in [2.45, 2.75) is 38.3 Å². The Morgan fingerprint density at radius 1 is 1.44 bits per heavy atom. The molecule has 16 heavy (non-hydrogen) atoms. The second-order valence-electron chi connectivity index (χ2n) is 4.06. The minimum Gasteiger partial charge on any atom is -0.468 e. The van der Waals surface area contributed by atoms with Crippen LogP contribution < -0.4 is 5.32 Å². The molecule has 0 aromatic heterocycles. The van der Waals surface area contributed by atoms with E-state index in [1.807, 2.05) is 11.8 Å². The molecule has 5 nitrogen and oxygen atoms in total. The molecule has 1 aliphatic rings. The quantitative estimate of drug-likeness (QED) is 0.698. The standard InChI is InChI=1S/C11H20N2O3/c1-8(10(14)12-2)13-7-5-4-6-9(13)11(15)16-3/h8-9H,4-7H2,1-3H3,(H,12,14).